The number of nitro benzene ring substituents is 1. The summed E-state index contributed by atoms with van der Waals surface area (Å²) in [5, 5.41) is 11.8. The largest absolute Gasteiger partial charge is 0.383 e. The third kappa shape index (κ3) is 2.18. The van der Waals surface area contributed by atoms with Gasteiger partial charge in [0.2, 0.25) is 0 Å². The molecule has 2 heterocycles. The van der Waals surface area contributed by atoms with E-state index in [0.717, 1.165) is 12.8 Å². The highest BCUT2D eigenvalue weighted by atomic mass is 16.6. The van der Waals surface area contributed by atoms with E-state index in [1.54, 1.807) is 4.90 Å². The standard InChI is InChI=1S/C14H15N5O3/c15-12-10-7-8(19(21)22)3-4-9(10)11(13(16)17-12)14(20)18-5-1-2-6-18/h3-4,7H,1-2,5-6H2,(H4,15,16,17). The molecule has 1 aliphatic rings. The summed E-state index contributed by atoms with van der Waals surface area (Å²) in [6.45, 7) is 1.36. The van der Waals surface area contributed by atoms with E-state index in [-0.39, 0.29) is 28.8 Å². The van der Waals surface area contributed by atoms with Gasteiger partial charge in [0, 0.05) is 36.0 Å². The van der Waals surface area contributed by atoms with Gasteiger partial charge in [-0.25, -0.2) is 4.98 Å². The Morgan fingerprint density at radius 3 is 2.50 bits per heavy atom. The first-order chi connectivity index (χ1) is 10.5. The Labute approximate surface area is 125 Å². The van der Waals surface area contributed by atoms with Crippen LogP contribution < -0.4 is 11.5 Å². The van der Waals surface area contributed by atoms with Crippen molar-refractivity contribution in [1.29, 1.82) is 0 Å². The fraction of sp³-hybridized carbons (Fsp3) is 0.286. The third-order valence-electron chi connectivity index (χ3n) is 3.86. The molecule has 0 atom stereocenters. The number of nitrogens with zero attached hydrogens (tertiary/aromatic N) is 3. The Morgan fingerprint density at radius 1 is 1.18 bits per heavy atom. The Bertz CT molecular complexity index is 784. The molecule has 1 amide bonds. The lowest BCUT2D eigenvalue weighted by Gasteiger charge is -2.18. The van der Waals surface area contributed by atoms with Gasteiger partial charge in [-0.3, -0.25) is 14.9 Å². The number of amides is 1. The maximum absolute atomic E-state index is 12.6. The molecule has 0 saturated carbocycles. The van der Waals surface area contributed by atoms with Crippen LogP contribution in [0.2, 0.25) is 0 Å². The smallest absolute Gasteiger partial charge is 0.270 e. The number of hydrogen-bond donors (Lipinski definition) is 2. The third-order valence-corrected chi connectivity index (χ3v) is 3.86. The van der Waals surface area contributed by atoms with E-state index < -0.39 is 4.92 Å². The molecule has 1 saturated heterocycles. The summed E-state index contributed by atoms with van der Waals surface area (Å²) in [5.41, 5.74) is 11.8. The monoisotopic (exact) mass is 301 g/mol. The molecule has 114 valence electrons. The van der Waals surface area contributed by atoms with Crippen molar-refractivity contribution < 1.29 is 9.72 Å². The average molecular weight is 301 g/mol. The molecule has 1 fully saturated rings. The van der Waals surface area contributed by atoms with Gasteiger partial charge in [0.1, 0.15) is 11.6 Å². The maximum atomic E-state index is 12.6. The van der Waals surface area contributed by atoms with Crippen LogP contribution in [0, 0.1) is 10.1 Å². The average Bonchev–Trinajstić information content (AvgIpc) is 3.00. The number of nitrogens with two attached hydrogens (primary N) is 2. The first-order valence-electron chi connectivity index (χ1n) is 6.91. The van der Waals surface area contributed by atoms with Gasteiger partial charge in [-0.1, -0.05) is 0 Å². The number of nitrogen functional groups attached to an aromatic ring is 2. The number of hydrogen-bond acceptors (Lipinski definition) is 6. The summed E-state index contributed by atoms with van der Waals surface area (Å²) in [5.74, 6) is -0.0775. The highest BCUT2D eigenvalue weighted by Crippen LogP contribution is 2.31. The summed E-state index contributed by atoms with van der Waals surface area (Å²) in [6.07, 6.45) is 1.91. The summed E-state index contributed by atoms with van der Waals surface area (Å²) >= 11 is 0. The fourth-order valence-electron chi connectivity index (χ4n) is 2.76. The van der Waals surface area contributed by atoms with E-state index in [4.69, 9.17) is 11.5 Å². The second-order valence-electron chi connectivity index (χ2n) is 5.24. The van der Waals surface area contributed by atoms with Gasteiger partial charge in [0.05, 0.1) is 10.5 Å². The van der Waals surface area contributed by atoms with Crippen LogP contribution in [0.1, 0.15) is 23.2 Å². The van der Waals surface area contributed by atoms with Crippen LogP contribution in [0.15, 0.2) is 18.2 Å². The van der Waals surface area contributed by atoms with Gasteiger partial charge in [-0.2, -0.15) is 0 Å². The molecule has 1 aromatic heterocycles. The highest BCUT2D eigenvalue weighted by Gasteiger charge is 2.25. The van der Waals surface area contributed by atoms with Crippen LogP contribution in [0.3, 0.4) is 0 Å². The van der Waals surface area contributed by atoms with Crippen molar-refractivity contribution in [2.24, 2.45) is 0 Å². The highest BCUT2D eigenvalue weighted by molar-refractivity contribution is 6.13. The van der Waals surface area contributed by atoms with Crippen LogP contribution in [-0.2, 0) is 0 Å². The minimum atomic E-state index is -0.517. The minimum Gasteiger partial charge on any atom is -0.383 e. The van der Waals surface area contributed by atoms with E-state index >= 15 is 0 Å². The molecule has 4 N–H and O–H groups in total. The van der Waals surface area contributed by atoms with Crippen molar-refractivity contribution in [1.82, 2.24) is 9.88 Å². The van der Waals surface area contributed by atoms with Crippen molar-refractivity contribution in [3.05, 3.63) is 33.9 Å². The summed E-state index contributed by atoms with van der Waals surface area (Å²) in [6, 6.07) is 4.16. The van der Waals surface area contributed by atoms with E-state index in [1.165, 1.54) is 18.2 Å². The van der Waals surface area contributed by atoms with Gasteiger partial charge in [-0.15, -0.1) is 0 Å². The second kappa shape index (κ2) is 5.14. The Balaban J connectivity index is 2.21. The van der Waals surface area contributed by atoms with Crippen molar-refractivity contribution >= 4 is 34.0 Å². The van der Waals surface area contributed by atoms with Crippen molar-refractivity contribution in [2.45, 2.75) is 12.8 Å². The molecule has 0 aliphatic carbocycles. The minimum absolute atomic E-state index is 0.0516. The molecule has 2 aromatic rings. The molecule has 8 nitrogen and oxygen atoms in total. The lowest BCUT2D eigenvalue weighted by atomic mass is 10.0. The van der Waals surface area contributed by atoms with Crippen molar-refractivity contribution in [3.63, 3.8) is 0 Å². The topological polar surface area (TPSA) is 128 Å². The number of nitro groups is 1. The lowest BCUT2D eigenvalue weighted by Crippen LogP contribution is -2.29. The number of carbonyl (C=O) groups excluding carboxylic acids is 1. The Kier molecular flexibility index (Phi) is 3.28. The summed E-state index contributed by atoms with van der Waals surface area (Å²) < 4.78 is 0. The molecular formula is C14H15N5O3. The number of non-ortho nitro benzene ring substituents is 1. The molecule has 3 rings (SSSR count). The van der Waals surface area contributed by atoms with Crippen LogP contribution in [-0.4, -0.2) is 33.8 Å². The quantitative estimate of drug-likeness (QED) is 0.639. The van der Waals surface area contributed by atoms with E-state index in [2.05, 4.69) is 4.98 Å². The van der Waals surface area contributed by atoms with Crippen LogP contribution >= 0.6 is 0 Å². The number of rotatable bonds is 2. The summed E-state index contributed by atoms with van der Waals surface area (Å²) in [4.78, 5) is 28.7. The number of pyridine rings is 1. The molecule has 0 bridgehead atoms. The fourth-order valence-corrected chi connectivity index (χ4v) is 2.76. The first kappa shape index (κ1) is 14.1. The molecule has 0 spiro atoms. The number of carbonyl (C=O) groups is 1. The first-order valence-corrected chi connectivity index (χ1v) is 6.91. The Morgan fingerprint density at radius 2 is 1.86 bits per heavy atom. The molecule has 22 heavy (non-hydrogen) atoms. The normalized spacial score (nSPS) is 14.5. The lowest BCUT2D eigenvalue weighted by molar-refractivity contribution is -0.384. The molecular weight excluding hydrogens is 286 g/mol. The molecule has 0 unspecified atom stereocenters. The van der Waals surface area contributed by atoms with Gasteiger partial charge in [-0.05, 0) is 18.9 Å². The molecule has 0 radical (unpaired) electrons. The number of benzene rings is 1. The number of fused-ring (bicyclic) bond motifs is 1. The predicted octanol–water partition coefficient (Wildman–Crippen LogP) is 1.54. The molecule has 1 aliphatic heterocycles. The number of anilines is 2. The van der Waals surface area contributed by atoms with Crippen LogP contribution in [0.25, 0.3) is 10.8 Å². The van der Waals surface area contributed by atoms with Gasteiger partial charge >= 0.3 is 0 Å². The zero-order valence-electron chi connectivity index (χ0n) is 11.8. The maximum Gasteiger partial charge on any atom is 0.270 e. The SMILES string of the molecule is Nc1nc(N)c2cc([N+](=O)[O-])ccc2c1C(=O)N1CCCC1. The summed E-state index contributed by atoms with van der Waals surface area (Å²) in [7, 11) is 0. The molecule has 1 aromatic carbocycles. The molecule has 8 heteroatoms. The van der Waals surface area contributed by atoms with Gasteiger partial charge < -0.3 is 16.4 Å². The van der Waals surface area contributed by atoms with Gasteiger partial charge in [0.15, 0.2) is 0 Å². The number of likely N-dealkylation sites (tertiary alicyclic amines) is 1. The van der Waals surface area contributed by atoms with E-state index in [0.29, 0.717) is 23.9 Å². The van der Waals surface area contributed by atoms with Crippen molar-refractivity contribution in [2.75, 3.05) is 24.6 Å². The van der Waals surface area contributed by atoms with Crippen LogP contribution in [0.5, 0.6) is 0 Å². The van der Waals surface area contributed by atoms with Crippen molar-refractivity contribution in [3.8, 4) is 0 Å². The zero-order chi connectivity index (χ0) is 15.9. The predicted molar refractivity (Wildman–Crippen MR) is 82.4 cm³/mol. The van der Waals surface area contributed by atoms with E-state index in [1.807, 2.05) is 0 Å². The van der Waals surface area contributed by atoms with Gasteiger partial charge in [0.25, 0.3) is 11.6 Å². The number of aromatic nitrogens is 1. The van der Waals surface area contributed by atoms with Crippen LogP contribution in [0.4, 0.5) is 17.3 Å². The zero-order valence-corrected chi connectivity index (χ0v) is 11.8. The van der Waals surface area contributed by atoms with E-state index in [9.17, 15) is 14.9 Å². The Hall–Kier alpha value is -2.90. The second-order valence-corrected chi connectivity index (χ2v) is 5.24.